The topological polar surface area (TPSA) is 65.8 Å². The van der Waals surface area contributed by atoms with E-state index in [1.807, 2.05) is 48.5 Å². The van der Waals surface area contributed by atoms with Gasteiger partial charge in [-0.3, -0.25) is 9.78 Å². The molecule has 1 aromatic heterocycles. The third-order valence-corrected chi connectivity index (χ3v) is 3.61. The summed E-state index contributed by atoms with van der Waals surface area (Å²) in [5.41, 5.74) is 2.93. The number of benzene rings is 1. The second-order valence-corrected chi connectivity index (χ2v) is 6.55. The van der Waals surface area contributed by atoms with Crippen molar-refractivity contribution >= 4 is 12.0 Å². The van der Waals surface area contributed by atoms with Crippen LogP contribution in [0.1, 0.15) is 37.6 Å². The van der Waals surface area contributed by atoms with E-state index in [-0.39, 0.29) is 11.0 Å². The Balaban J connectivity index is 2.08. The van der Waals surface area contributed by atoms with Gasteiger partial charge in [0, 0.05) is 6.20 Å². The number of carbonyl (C=O) groups is 1. The van der Waals surface area contributed by atoms with Gasteiger partial charge in [-0.05, 0) is 34.8 Å². The van der Waals surface area contributed by atoms with Gasteiger partial charge in [-0.2, -0.15) is 5.26 Å². The van der Waals surface area contributed by atoms with E-state index < -0.39 is 5.91 Å². The van der Waals surface area contributed by atoms with Crippen molar-refractivity contribution in [3.05, 3.63) is 71.1 Å². The Morgan fingerprint density at radius 2 is 1.92 bits per heavy atom. The lowest BCUT2D eigenvalue weighted by Gasteiger charge is -2.18. The normalized spacial score (nSPS) is 11.7. The van der Waals surface area contributed by atoms with Crippen LogP contribution in [0.5, 0.6) is 0 Å². The Kier molecular flexibility index (Phi) is 5.49. The molecule has 24 heavy (non-hydrogen) atoms. The second-order valence-electron chi connectivity index (χ2n) is 6.55. The van der Waals surface area contributed by atoms with Crippen LogP contribution in [0.2, 0.25) is 0 Å². The van der Waals surface area contributed by atoms with E-state index >= 15 is 0 Å². The van der Waals surface area contributed by atoms with Gasteiger partial charge in [0.15, 0.2) is 0 Å². The van der Waals surface area contributed by atoms with Crippen molar-refractivity contribution < 1.29 is 4.79 Å². The SMILES string of the molecule is CC(C)(C)c1ccc(C=C(C#N)C(=O)NCc2ccccn2)cc1. The molecule has 1 heterocycles. The van der Waals surface area contributed by atoms with E-state index in [2.05, 4.69) is 31.1 Å². The number of carbonyl (C=O) groups excluding carboxylic acids is 1. The van der Waals surface area contributed by atoms with Crippen LogP contribution in [0, 0.1) is 11.3 Å². The zero-order chi connectivity index (χ0) is 17.6. The van der Waals surface area contributed by atoms with Gasteiger partial charge in [0.05, 0.1) is 12.2 Å². The molecule has 0 fully saturated rings. The molecule has 2 aromatic rings. The number of pyridine rings is 1. The highest BCUT2D eigenvalue weighted by atomic mass is 16.1. The van der Waals surface area contributed by atoms with Crippen LogP contribution in [-0.4, -0.2) is 10.9 Å². The van der Waals surface area contributed by atoms with Gasteiger partial charge >= 0.3 is 0 Å². The number of nitrogens with one attached hydrogen (secondary N) is 1. The van der Waals surface area contributed by atoms with E-state index in [4.69, 9.17) is 0 Å². The van der Waals surface area contributed by atoms with Crippen LogP contribution in [0.25, 0.3) is 6.08 Å². The van der Waals surface area contributed by atoms with E-state index in [1.165, 1.54) is 5.56 Å². The molecule has 0 unspecified atom stereocenters. The van der Waals surface area contributed by atoms with Crippen LogP contribution < -0.4 is 5.32 Å². The summed E-state index contributed by atoms with van der Waals surface area (Å²) >= 11 is 0. The fourth-order valence-electron chi connectivity index (χ4n) is 2.16. The van der Waals surface area contributed by atoms with Crippen LogP contribution in [0.4, 0.5) is 0 Å². The molecule has 4 nitrogen and oxygen atoms in total. The van der Waals surface area contributed by atoms with Gasteiger partial charge in [0.2, 0.25) is 0 Å². The summed E-state index contributed by atoms with van der Waals surface area (Å²) in [6.45, 7) is 6.72. The van der Waals surface area contributed by atoms with Crippen molar-refractivity contribution in [2.24, 2.45) is 0 Å². The van der Waals surface area contributed by atoms with Crippen LogP contribution in [0.15, 0.2) is 54.2 Å². The first kappa shape index (κ1) is 17.4. The molecule has 0 aliphatic rings. The highest BCUT2D eigenvalue weighted by Gasteiger charge is 2.13. The van der Waals surface area contributed by atoms with Crippen molar-refractivity contribution in [3.8, 4) is 6.07 Å². The summed E-state index contributed by atoms with van der Waals surface area (Å²) in [4.78, 5) is 16.3. The number of nitrogens with zero attached hydrogens (tertiary/aromatic N) is 2. The molecular weight excluding hydrogens is 298 g/mol. The summed E-state index contributed by atoms with van der Waals surface area (Å²) in [6.07, 6.45) is 3.26. The van der Waals surface area contributed by atoms with Crippen LogP contribution in [0.3, 0.4) is 0 Å². The highest BCUT2D eigenvalue weighted by molar-refractivity contribution is 6.01. The second kappa shape index (κ2) is 7.56. The van der Waals surface area contributed by atoms with Gasteiger partial charge in [0.1, 0.15) is 11.6 Å². The summed E-state index contributed by atoms with van der Waals surface area (Å²) < 4.78 is 0. The van der Waals surface area contributed by atoms with Crippen LogP contribution >= 0.6 is 0 Å². The summed E-state index contributed by atoms with van der Waals surface area (Å²) in [5, 5.41) is 12.0. The average molecular weight is 319 g/mol. The fourth-order valence-corrected chi connectivity index (χ4v) is 2.16. The van der Waals surface area contributed by atoms with Crippen molar-refractivity contribution in [1.82, 2.24) is 10.3 Å². The number of nitriles is 1. The van der Waals surface area contributed by atoms with Gasteiger partial charge in [-0.1, -0.05) is 51.1 Å². The minimum Gasteiger partial charge on any atom is -0.346 e. The zero-order valence-electron chi connectivity index (χ0n) is 14.2. The van der Waals surface area contributed by atoms with E-state index in [9.17, 15) is 10.1 Å². The maximum absolute atomic E-state index is 12.1. The molecular formula is C20H21N3O. The van der Waals surface area contributed by atoms with Crippen molar-refractivity contribution in [1.29, 1.82) is 5.26 Å². The predicted octanol–water partition coefficient (Wildman–Crippen LogP) is 3.60. The Hall–Kier alpha value is -2.93. The summed E-state index contributed by atoms with van der Waals surface area (Å²) in [5.74, 6) is -0.400. The third-order valence-electron chi connectivity index (χ3n) is 3.61. The summed E-state index contributed by atoms with van der Waals surface area (Å²) in [6, 6.07) is 15.3. The molecule has 0 aliphatic carbocycles. The standard InChI is InChI=1S/C20H21N3O/c1-20(2,3)17-9-7-15(8-10-17)12-16(13-21)19(24)23-14-18-6-4-5-11-22-18/h4-12H,14H2,1-3H3,(H,23,24). The van der Waals surface area contributed by atoms with Gasteiger partial charge in [-0.15, -0.1) is 0 Å². The van der Waals surface area contributed by atoms with E-state index in [1.54, 1.807) is 12.3 Å². The zero-order valence-corrected chi connectivity index (χ0v) is 14.2. The first-order valence-corrected chi connectivity index (χ1v) is 7.80. The molecule has 0 bridgehead atoms. The average Bonchev–Trinajstić information content (AvgIpc) is 2.58. The lowest BCUT2D eigenvalue weighted by atomic mass is 9.86. The number of amides is 1. The first-order chi connectivity index (χ1) is 11.4. The number of hydrogen-bond acceptors (Lipinski definition) is 3. The predicted molar refractivity (Wildman–Crippen MR) is 94.8 cm³/mol. The maximum Gasteiger partial charge on any atom is 0.262 e. The lowest BCUT2D eigenvalue weighted by molar-refractivity contribution is -0.117. The van der Waals surface area contributed by atoms with Crippen molar-refractivity contribution in [2.45, 2.75) is 32.7 Å². The van der Waals surface area contributed by atoms with Gasteiger partial charge < -0.3 is 5.32 Å². The van der Waals surface area contributed by atoms with Gasteiger partial charge in [-0.25, -0.2) is 0 Å². The molecule has 0 atom stereocenters. The Labute approximate surface area is 142 Å². The Morgan fingerprint density at radius 1 is 1.21 bits per heavy atom. The molecule has 2 rings (SSSR count). The van der Waals surface area contributed by atoms with Crippen molar-refractivity contribution in [2.75, 3.05) is 0 Å². The molecule has 0 spiro atoms. The molecule has 0 saturated heterocycles. The van der Waals surface area contributed by atoms with Crippen molar-refractivity contribution in [3.63, 3.8) is 0 Å². The number of aromatic nitrogens is 1. The Morgan fingerprint density at radius 3 is 2.46 bits per heavy atom. The van der Waals surface area contributed by atoms with Gasteiger partial charge in [0.25, 0.3) is 5.91 Å². The molecule has 122 valence electrons. The third kappa shape index (κ3) is 4.79. The van der Waals surface area contributed by atoms with E-state index in [0.29, 0.717) is 6.54 Å². The maximum atomic E-state index is 12.1. The molecule has 1 aromatic carbocycles. The minimum absolute atomic E-state index is 0.0698. The molecule has 0 aliphatic heterocycles. The minimum atomic E-state index is -0.400. The first-order valence-electron chi connectivity index (χ1n) is 7.80. The highest BCUT2D eigenvalue weighted by Crippen LogP contribution is 2.22. The number of rotatable bonds is 4. The molecule has 1 N–H and O–H groups in total. The smallest absolute Gasteiger partial charge is 0.262 e. The van der Waals surface area contributed by atoms with E-state index in [0.717, 1.165) is 11.3 Å². The molecule has 4 heteroatoms. The lowest BCUT2D eigenvalue weighted by Crippen LogP contribution is -2.24. The fraction of sp³-hybridized carbons (Fsp3) is 0.250. The number of hydrogen-bond donors (Lipinski definition) is 1. The molecule has 1 amide bonds. The monoisotopic (exact) mass is 319 g/mol. The quantitative estimate of drug-likeness (QED) is 0.691. The largest absolute Gasteiger partial charge is 0.346 e. The summed E-state index contributed by atoms with van der Waals surface area (Å²) in [7, 11) is 0. The Bertz CT molecular complexity index is 763. The molecule has 0 saturated carbocycles. The van der Waals surface area contributed by atoms with Crippen LogP contribution in [-0.2, 0) is 16.8 Å². The molecule has 0 radical (unpaired) electrons.